The van der Waals surface area contributed by atoms with E-state index in [2.05, 4.69) is 5.32 Å². The van der Waals surface area contributed by atoms with Crippen LogP contribution in [-0.2, 0) is 9.53 Å². The van der Waals surface area contributed by atoms with Gasteiger partial charge in [-0.25, -0.2) is 0 Å². The van der Waals surface area contributed by atoms with Crippen molar-refractivity contribution in [3.8, 4) is 0 Å². The maximum Gasteiger partial charge on any atom is 0.236 e. The summed E-state index contributed by atoms with van der Waals surface area (Å²) in [4.78, 5) is 13.7. The van der Waals surface area contributed by atoms with Crippen molar-refractivity contribution in [2.75, 3.05) is 33.4 Å². The standard InChI is InChI=1S/C12H24N2O2/c1-3-14(8-9-16-2)12(15)10-13-11-6-4-5-7-11/h11,13H,3-10H2,1-2H3. The molecule has 16 heavy (non-hydrogen) atoms. The Balaban J connectivity index is 2.19. The third kappa shape index (κ3) is 4.49. The monoisotopic (exact) mass is 228 g/mol. The van der Waals surface area contributed by atoms with Crippen molar-refractivity contribution in [3.63, 3.8) is 0 Å². The minimum absolute atomic E-state index is 0.187. The van der Waals surface area contributed by atoms with Crippen molar-refractivity contribution in [2.24, 2.45) is 0 Å². The highest BCUT2D eigenvalue weighted by atomic mass is 16.5. The predicted molar refractivity (Wildman–Crippen MR) is 64.4 cm³/mol. The minimum Gasteiger partial charge on any atom is -0.383 e. The summed E-state index contributed by atoms with van der Waals surface area (Å²) >= 11 is 0. The lowest BCUT2D eigenvalue weighted by atomic mass is 10.2. The summed E-state index contributed by atoms with van der Waals surface area (Å²) in [6.07, 6.45) is 5.04. The SMILES string of the molecule is CCN(CCOC)C(=O)CNC1CCCC1. The van der Waals surface area contributed by atoms with Crippen LogP contribution in [0.5, 0.6) is 0 Å². The van der Waals surface area contributed by atoms with Gasteiger partial charge in [-0.3, -0.25) is 4.79 Å². The summed E-state index contributed by atoms with van der Waals surface area (Å²) in [5, 5.41) is 3.34. The third-order valence-electron chi connectivity index (χ3n) is 3.20. The van der Waals surface area contributed by atoms with Crippen molar-refractivity contribution in [2.45, 2.75) is 38.6 Å². The van der Waals surface area contributed by atoms with E-state index in [-0.39, 0.29) is 5.91 Å². The van der Waals surface area contributed by atoms with Crippen molar-refractivity contribution in [3.05, 3.63) is 0 Å². The Morgan fingerprint density at radius 1 is 1.44 bits per heavy atom. The van der Waals surface area contributed by atoms with E-state index in [0.717, 1.165) is 6.54 Å². The Morgan fingerprint density at radius 2 is 2.12 bits per heavy atom. The Hall–Kier alpha value is -0.610. The second-order valence-electron chi connectivity index (χ2n) is 4.33. The second kappa shape index (κ2) is 7.63. The first-order valence-electron chi connectivity index (χ1n) is 6.28. The molecule has 0 atom stereocenters. The highest BCUT2D eigenvalue weighted by Crippen LogP contribution is 2.17. The van der Waals surface area contributed by atoms with E-state index in [4.69, 9.17) is 4.74 Å². The van der Waals surface area contributed by atoms with Crippen LogP contribution in [0.2, 0.25) is 0 Å². The summed E-state index contributed by atoms with van der Waals surface area (Å²) in [6, 6.07) is 0.560. The second-order valence-corrected chi connectivity index (χ2v) is 4.33. The van der Waals surface area contributed by atoms with Crippen LogP contribution in [0.4, 0.5) is 0 Å². The molecule has 0 spiro atoms. The highest BCUT2D eigenvalue weighted by Gasteiger charge is 2.17. The molecule has 0 aromatic heterocycles. The van der Waals surface area contributed by atoms with Gasteiger partial charge in [-0.2, -0.15) is 0 Å². The van der Waals surface area contributed by atoms with E-state index in [9.17, 15) is 4.79 Å². The minimum atomic E-state index is 0.187. The average molecular weight is 228 g/mol. The van der Waals surface area contributed by atoms with Crippen LogP contribution in [0, 0.1) is 0 Å². The summed E-state index contributed by atoms with van der Waals surface area (Å²) in [5.74, 6) is 0.187. The lowest BCUT2D eigenvalue weighted by Crippen LogP contribution is -2.42. The quantitative estimate of drug-likeness (QED) is 0.707. The van der Waals surface area contributed by atoms with E-state index in [1.165, 1.54) is 25.7 Å². The molecule has 0 aliphatic heterocycles. The van der Waals surface area contributed by atoms with Gasteiger partial charge in [-0.1, -0.05) is 12.8 Å². The molecule has 1 aliphatic carbocycles. The molecule has 1 fully saturated rings. The fraction of sp³-hybridized carbons (Fsp3) is 0.917. The third-order valence-corrected chi connectivity index (χ3v) is 3.20. The largest absolute Gasteiger partial charge is 0.383 e. The molecular weight excluding hydrogens is 204 g/mol. The summed E-state index contributed by atoms with van der Waals surface area (Å²) in [6.45, 7) is 4.54. The number of carbonyl (C=O) groups excluding carboxylic acids is 1. The number of ether oxygens (including phenoxy) is 1. The normalized spacial score (nSPS) is 16.6. The van der Waals surface area contributed by atoms with Gasteiger partial charge >= 0.3 is 0 Å². The Morgan fingerprint density at radius 3 is 2.69 bits per heavy atom. The molecule has 1 amide bonds. The molecule has 0 aromatic carbocycles. The number of methoxy groups -OCH3 is 1. The number of hydrogen-bond acceptors (Lipinski definition) is 3. The van der Waals surface area contributed by atoms with Crippen molar-refractivity contribution in [1.82, 2.24) is 10.2 Å². The molecule has 94 valence electrons. The van der Waals surface area contributed by atoms with Crippen LogP contribution in [0.3, 0.4) is 0 Å². The number of nitrogens with one attached hydrogen (secondary N) is 1. The number of rotatable bonds is 7. The van der Waals surface area contributed by atoms with Crippen LogP contribution in [-0.4, -0.2) is 50.2 Å². The van der Waals surface area contributed by atoms with Gasteiger partial charge in [0.15, 0.2) is 0 Å². The summed E-state index contributed by atoms with van der Waals surface area (Å²) < 4.78 is 4.99. The van der Waals surface area contributed by atoms with Gasteiger partial charge in [0.05, 0.1) is 13.2 Å². The Bertz CT molecular complexity index is 203. The number of amides is 1. The molecule has 0 unspecified atom stereocenters. The van der Waals surface area contributed by atoms with Gasteiger partial charge in [0.25, 0.3) is 0 Å². The smallest absolute Gasteiger partial charge is 0.236 e. The first-order valence-corrected chi connectivity index (χ1v) is 6.28. The maximum atomic E-state index is 11.8. The Labute approximate surface area is 98.3 Å². The lowest BCUT2D eigenvalue weighted by molar-refractivity contribution is -0.130. The zero-order valence-corrected chi connectivity index (χ0v) is 10.5. The van der Waals surface area contributed by atoms with E-state index in [1.807, 2.05) is 11.8 Å². The summed E-state index contributed by atoms with van der Waals surface area (Å²) in [7, 11) is 1.66. The number of likely N-dealkylation sites (N-methyl/N-ethyl adjacent to an activating group) is 1. The molecular formula is C12H24N2O2. The van der Waals surface area contributed by atoms with Gasteiger partial charge < -0.3 is 15.0 Å². The molecule has 1 aliphatic rings. The first-order chi connectivity index (χ1) is 7.77. The molecule has 1 N–H and O–H groups in total. The molecule has 1 rings (SSSR count). The van der Waals surface area contributed by atoms with Gasteiger partial charge in [-0.05, 0) is 19.8 Å². The first kappa shape index (κ1) is 13.5. The van der Waals surface area contributed by atoms with Crippen LogP contribution in [0.1, 0.15) is 32.6 Å². The molecule has 0 aromatic rings. The summed E-state index contributed by atoms with van der Waals surface area (Å²) in [5.41, 5.74) is 0. The number of nitrogens with zero attached hydrogens (tertiary/aromatic N) is 1. The van der Waals surface area contributed by atoms with Crippen LogP contribution in [0.25, 0.3) is 0 Å². The fourth-order valence-electron chi connectivity index (χ4n) is 2.13. The molecule has 0 bridgehead atoms. The van der Waals surface area contributed by atoms with Crippen LogP contribution in [0.15, 0.2) is 0 Å². The van der Waals surface area contributed by atoms with E-state index >= 15 is 0 Å². The molecule has 1 saturated carbocycles. The fourth-order valence-corrected chi connectivity index (χ4v) is 2.13. The van der Waals surface area contributed by atoms with Gasteiger partial charge in [-0.15, -0.1) is 0 Å². The predicted octanol–water partition coefficient (Wildman–Crippen LogP) is 1.01. The van der Waals surface area contributed by atoms with E-state index in [0.29, 0.717) is 25.7 Å². The van der Waals surface area contributed by atoms with E-state index < -0.39 is 0 Å². The van der Waals surface area contributed by atoms with Crippen molar-refractivity contribution in [1.29, 1.82) is 0 Å². The topological polar surface area (TPSA) is 41.6 Å². The van der Waals surface area contributed by atoms with Crippen LogP contribution >= 0.6 is 0 Å². The average Bonchev–Trinajstić information content (AvgIpc) is 2.80. The molecule has 0 radical (unpaired) electrons. The molecule has 4 nitrogen and oxygen atoms in total. The van der Waals surface area contributed by atoms with Gasteiger partial charge in [0, 0.05) is 26.2 Å². The zero-order chi connectivity index (χ0) is 11.8. The van der Waals surface area contributed by atoms with Crippen molar-refractivity contribution < 1.29 is 9.53 Å². The zero-order valence-electron chi connectivity index (χ0n) is 10.5. The molecule has 4 heteroatoms. The van der Waals surface area contributed by atoms with Gasteiger partial charge in [0.2, 0.25) is 5.91 Å². The molecule has 0 heterocycles. The highest BCUT2D eigenvalue weighted by molar-refractivity contribution is 5.78. The lowest BCUT2D eigenvalue weighted by Gasteiger charge is -2.21. The van der Waals surface area contributed by atoms with Crippen LogP contribution < -0.4 is 5.32 Å². The number of carbonyl (C=O) groups is 1. The van der Waals surface area contributed by atoms with E-state index in [1.54, 1.807) is 7.11 Å². The maximum absolute atomic E-state index is 11.8. The van der Waals surface area contributed by atoms with Crippen molar-refractivity contribution >= 4 is 5.91 Å². The van der Waals surface area contributed by atoms with Gasteiger partial charge in [0.1, 0.15) is 0 Å². The molecule has 0 saturated heterocycles. The Kier molecular flexibility index (Phi) is 6.42. The number of hydrogen-bond donors (Lipinski definition) is 1.